The highest BCUT2D eigenvalue weighted by Crippen LogP contribution is 2.64. The second-order valence-electron chi connectivity index (χ2n) is 7.64. The standard InChI is InChI=1S/C20H23NO3S/c1-4-24-18(23)20-10-9-19(3,13(11-20)12(2)22)17-16(20)21-14-7-5-6-8-15(14)25-17/h5-8,13,17H,4,9-11H2,1-3H3/t13-,17-,19+,20+/m1/s1. The zero-order valence-electron chi connectivity index (χ0n) is 14.9. The molecule has 1 heterocycles. The molecule has 5 rings (SSSR count). The summed E-state index contributed by atoms with van der Waals surface area (Å²) in [5.41, 5.74) is 0.964. The van der Waals surface area contributed by atoms with Crippen LogP contribution in [0.5, 0.6) is 0 Å². The van der Waals surface area contributed by atoms with Crippen LogP contribution in [0.25, 0.3) is 0 Å². The number of Topliss-reactive ketones (excluding diaryl/α,β-unsaturated/α-hetero) is 1. The Labute approximate surface area is 152 Å². The van der Waals surface area contributed by atoms with Crippen LogP contribution in [-0.2, 0) is 14.3 Å². The minimum absolute atomic E-state index is 0.0585. The molecule has 0 unspecified atom stereocenters. The Morgan fingerprint density at radius 1 is 1.32 bits per heavy atom. The first-order valence-electron chi connectivity index (χ1n) is 8.95. The fourth-order valence-electron chi connectivity index (χ4n) is 4.88. The van der Waals surface area contributed by atoms with Crippen LogP contribution in [0.15, 0.2) is 34.2 Å². The number of nitrogens with zero attached hydrogens (tertiary/aromatic N) is 1. The number of para-hydroxylation sites is 1. The van der Waals surface area contributed by atoms with E-state index in [1.807, 2.05) is 25.1 Å². The van der Waals surface area contributed by atoms with E-state index in [9.17, 15) is 9.59 Å². The van der Waals surface area contributed by atoms with Crippen LogP contribution in [0, 0.1) is 16.7 Å². The van der Waals surface area contributed by atoms with E-state index in [2.05, 4.69) is 13.0 Å². The van der Waals surface area contributed by atoms with Gasteiger partial charge in [0.25, 0.3) is 0 Å². The van der Waals surface area contributed by atoms with E-state index in [1.165, 1.54) is 0 Å². The van der Waals surface area contributed by atoms with Gasteiger partial charge >= 0.3 is 5.97 Å². The van der Waals surface area contributed by atoms with Gasteiger partial charge in [-0.15, -0.1) is 11.8 Å². The Morgan fingerprint density at radius 3 is 2.80 bits per heavy atom. The summed E-state index contributed by atoms with van der Waals surface area (Å²) in [6.07, 6.45) is 2.12. The topological polar surface area (TPSA) is 55.7 Å². The molecule has 1 aromatic rings. The Morgan fingerprint density at radius 2 is 2.08 bits per heavy atom. The van der Waals surface area contributed by atoms with Crippen molar-refractivity contribution >= 4 is 34.9 Å². The molecule has 0 saturated heterocycles. The molecular formula is C20H23NO3S. The number of fused-ring (bicyclic) bond motifs is 3. The van der Waals surface area contributed by atoms with E-state index in [-0.39, 0.29) is 28.3 Å². The lowest BCUT2D eigenvalue weighted by molar-refractivity contribution is -0.158. The molecule has 25 heavy (non-hydrogen) atoms. The number of esters is 1. The van der Waals surface area contributed by atoms with Crippen molar-refractivity contribution in [2.24, 2.45) is 21.7 Å². The van der Waals surface area contributed by atoms with Crippen LogP contribution in [0.4, 0.5) is 5.69 Å². The number of ether oxygens (including phenoxy) is 1. The molecule has 3 fully saturated rings. The molecule has 132 valence electrons. The van der Waals surface area contributed by atoms with Crippen molar-refractivity contribution in [1.82, 2.24) is 0 Å². The molecular weight excluding hydrogens is 334 g/mol. The Balaban J connectivity index is 1.90. The van der Waals surface area contributed by atoms with E-state index in [4.69, 9.17) is 9.73 Å². The minimum Gasteiger partial charge on any atom is -0.465 e. The SMILES string of the molecule is CCOC(=O)[C@@]12CC[C@@](C)([C@@H](C(C)=O)C1)[C@@H]1Sc3ccccc3N=C12. The third-order valence-electron chi connectivity index (χ3n) is 6.28. The first-order valence-corrected chi connectivity index (χ1v) is 9.83. The van der Waals surface area contributed by atoms with Crippen molar-refractivity contribution in [2.75, 3.05) is 6.61 Å². The zero-order chi connectivity index (χ0) is 17.8. The van der Waals surface area contributed by atoms with Crippen LogP contribution < -0.4 is 0 Å². The fraction of sp³-hybridized carbons (Fsp3) is 0.550. The van der Waals surface area contributed by atoms with Gasteiger partial charge in [0.05, 0.1) is 17.5 Å². The Hall–Kier alpha value is -1.62. The largest absolute Gasteiger partial charge is 0.465 e. The quantitative estimate of drug-likeness (QED) is 0.761. The fourth-order valence-corrected chi connectivity index (χ4v) is 6.47. The summed E-state index contributed by atoms with van der Waals surface area (Å²) in [6, 6.07) is 8.06. The highest BCUT2D eigenvalue weighted by molar-refractivity contribution is 8.01. The van der Waals surface area contributed by atoms with Crippen LogP contribution >= 0.6 is 11.8 Å². The van der Waals surface area contributed by atoms with Gasteiger partial charge in [-0.1, -0.05) is 19.1 Å². The molecule has 0 radical (unpaired) electrons. The van der Waals surface area contributed by atoms with Crippen molar-refractivity contribution in [1.29, 1.82) is 0 Å². The summed E-state index contributed by atoms with van der Waals surface area (Å²) in [4.78, 5) is 31.5. The number of hydrogen-bond donors (Lipinski definition) is 0. The van der Waals surface area contributed by atoms with Crippen LogP contribution in [0.2, 0.25) is 0 Å². The minimum atomic E-state index is -0.741. The number of ketones is 1. The van der Waals surface area contributed by atoms with Crippen molar-refractivity contribution in [3.8, 4) is 0 Å². The lowest BCUT2D eigenvalue weighted by Crippen LogP contribution is -2.64. The predicted octanol–water partition coefficient (Wildman–Crippen LogP) is 4.19. The van der Waals surface area contributed by atoms with E-state index in [0.717, 1.165) is 29.1 Å². The summed E-state index contributed by atoms with van der Waals surface area (Å²) >= 11 is 1.77. The van der Waals surface area contributed by atoms with Crippen molar-refractivity contribution in [3.05, 3.63) is 24.3 Å². The number of carbonyl (C=O) groups excluding carboxylic acids is 2. The van der Waals surface area contributed by atoms with Gasteiger partial charge in [0, 0.05) is 16.5 Å². The number of benzene rings is 1. The molecule has 5 heteroatoms. The average molecular weight is 357 g/mol. The highest BCUT2D eigenvalue weighted by Gasteiger charge is 2.66. The molecule has 0 amide bonds. The molecule has 4 aliphatic rings. The van der Waals surface area contributed by atoms with Gasteiger partial charge in [0.1, 0.15) is 11.2 Å². The normalized spacial score (nSPS) is 35.4. The first-order chi connectivity index (χ1) is 11.9. The summed E-state index contributed by atoms with van der Waals surface area (Å²) in [5.74, 6) is -0.145. The van der Waals surface area contributed by atoms with Gasteiger partial charge in [0.2, 0.25) is 0 Å². The molecule has 4 atom stereocenters. The smallest absolute Gasteiger partial charge is 0.317 e. The van der Waals surface area contributed by atoms with E-state index < -0.39 is 5.41 Å². The van der Waals surface area contributed by atoms with Gasteiger partial charge in [-0.05, 0) is 50.7 Å². The molecule has 0 aromatic heterocycles. The third kappa shape index (κ3) is 2.24. The van der Waals surface area contributed by atoms with Gasteiger partial charge in [-0.2, -0.15) is 0 Å². The molecule has 1 aromatic carbocycles. The van der Waals surface area contributed by atoms with Crippen molar-refractivity contribution in [3.63, 3.8) is 0 Å². The molecule has 0 N–H and O–H groups in total. The average Bonchev–Trinajstić information content (AvgIpc) is 2.61. The van der Waals surface area contributed by atoms with Crippen LogP contribution in [0.3, 0.4) is 0 Å². The molecule has 4 nitrogen and oxygen atoms in total. The van der Waals surface area contributed by atoms with Gasteiger partial charge < -0.3 is 4.74 Å². The maximum absolute atomic E-state index is 13.0. The van der Waals surface area contributed by atoms with Gasteiger partial charge in [-0.25, -0.2) is 0 Å². The van der Waals surface area contributed by atoms with E-state index in [1.54, 1.807) is 18.7 Å². The summed E-state index contributed by atoms with van der Waals surface area (Å²) < 4.78 is 5.46. The van der Waals surface area contributed by atoms with Crippen molar-refractivity contribution < 1.29 is 14.3 Å². The van der Waals surface area contributed by atoms with Gasteiger partial charge in [0.15, 0.2) is 0 Å². The molecule has 1 aliphatic heterocycles. The summed E-state index contributed by atoms with van der Waals surface area (Å²) in [6.45, 7) is 6.05. The molecule has 3 saturated carbocycles. The van der Waals surface area contributed by atoms with Crippen LogP contribution in [0.1, 0.15) is 40.0 Å². The Kier molecular flexibility index (Phi) is 3.83. The Bertz CT molecular complexity index is 789. The maximum atomic E-state index is 13.0. The van der Waals surface area contributed by atoms with E-state index >= 15 is 0 Å². The molecule has 3 aliphatic carbocycles. The number of carbonyl (C=O) groups is 2. The number of hydrogen-bond acceptors (Lipinski definition) is 5. The second kappa shape index (κ2) is 5.70. The molecule has 2 bridgehead atoms. The monoisotopic (exact) mass is 357 g/mol. The molecule has 0 spiro atoms. The summed E-state index contributed by atoms with van der Waals surface area (Å²) in [7, 11) is 0. The first kappa shape index (κ1) is 16.8. The zero-order valence-corrected chi connectivity index (χ0v) is 15.7. The lowest BCUT2D eigenvalue weighted by Gasteiger charge is -2.59. The highest BCUT2D eigenvalue weighted by atomic mass is 32.2. The third-order valence-corrected chi connectivity index (χ3v) is 7.88. The van der Waals surface area contributed by atoms with Crippen molar-refractivity contribution in [2.45, 2.75) is 50.2 Å². The predicted molar refractivity (Wildman–Crippen MR) is 98.4 cm³/mol. The van der Waals surface area contributed by atoms with Crippen LogP contribution in [-0.4, -0.2) is 29.3 Å². The second-order valence-corrected chi connectivity index (χ2v) is 8.79. The van der Waals surface area contributed by atoms with Gasteiger partial charge in [-0.3, -0.25) is 14.6 Å². The number of thioether (sulfide) groups is 1. The lowest BCUT2D eigenvalue weighted by atomic mass is 9.47. The number of rotatable bonds is 3. The summed E-state index contributed by atoms with van der Waals surface area (Å²) in [5, 5.41) is 0.0585. The maximum Gasteiger partial charge on any atom is 0.317 e. The van der Waals surface area contributed by atoms with E-state index in [0.29, 0.717) is 13.0 Å². The number of aliphatic imine (C=N–C) groups is 1.